The third-order valence-corrected chi connectivity index (χ3v) is 11.0. The molecule has 0 aromatic heterocycles. The minimum atomic E-state index is -4.78. The Bertz CT molecular complexity index is 1530. The fourth-order valence-corrected chi connectivity index (χ4v) is 6.98. The van der Waals surface area contributed by atoms with Crippen LogP contribution in [0.3, 0.4) is 0 Å². The van der Waals surface area contributed by atoms with Gasteiger partial charge in [0.25, 0.3) is 0 Å². The van der Waals surface area contributed by atoms with E-state index in [9.17, 15) is 34.1 Å². The molecule has 0 spiro atoms. The highest BCUT2D eigenvalue weighted by Crippen LogP contribution is 2.43. The number of nitrogens with one attached hydrogen (secondary N) is 1. The van der Waals surface area contributed by atoms with Gasteiger partial charge in [-0.15, -0.1) is 0 Å². The van der Waals surface area contributed by atoms with E-state index in [-0.39, 0.29) is 12.8 Å². The molecule has 4 N–H and O–H groups in total. The minimum absolute atomic E-state index is 0.108. The van der Waals surface area contributed by atoms with Gasteiger partial charge in [0, 0.05) is 12.8 Å². The van der Waals surface area contributed by atoms with E-state index in [1.165, 1.54) is 25.7 Å². The molecular formula is C54H88NO10P. The molecule has 0 radical (unpaired) electrons. The van der Waals surface area contributed by atoms with Gasteiger partial charge in [-0.3, -0.25) is 18.6 Å². The molecule has 0 aliphatic rings. The molecule has 0 fully saturated rings. The van der Waals surface area contributed by atoms with E-state index in [2.05, 4.69) is 129 Å². The smallest absolute Gasteiger partial charge is 0.472 e. The Morgan fingerprint density at radius 1 is 0.500 bits per heavy atom. The number of aliphatic hydroxyl groups excluding tert-OH is 1. The summed E-state index contributed by atoms with van der Waals surface area (Å²) in [5, 5.41) is 21.9. The largest absolute Gasteiger partial charge is 0.480 e. The van der Waals surface area contributed by atoms with Gasteiger partial charge in [-0.05, 0) is 103 Å². The predicted octanol–water partition coefficient (Wildman–Crippen LogP) is 13.8. The van der Waals surface area contributed by atoms with Crippen molar-refractivity contribution < 1.29 is 47.8 Å². The number of esters is 1. The van der Waals surface area contributed by atoms with Crippen molar-refractivity contribution in [2.45, 2.75) is 193 Å². The average Bonchev–Trinajstić information content (AvgIpc) is 3.29. The van der Waals surface area contributed by atoms with Gasteiger partial charge in [-0.1, -0.05) is 175 Å². The quantitative estimate of drug-likeness (QED) is 0.0200. The van der Waals surface area contributed by atoms with Crippen LogP contribution in [0.1, 0.15) is 181 Å². The van der Waals surface area contributed by atoms with E-state index in [4.69, 9.17) is 13.8 Å². The summed E-state index contributed by atoms with van der Waals surface area (Å²) in [6.45, 7) is 2.42. The zero-order chi connectivity index (χ0) is 48.4. The number of carboxylic acids is 1. The number of ether oxygens (including phenoxy) is 1. The Hall–Kier alpha value is -3.86. The number of carbonyl (C=O) groups is 3. The summed E-state index contributed by atoms with van der Waals surface area (Å²) in [6, 6.07) is -1.57. The molecule has 0 rings (SSSR count). The van der Waals surface area contributed by atoms with Crippen LogP contribution in [-0.4, -0.2) is 64.9 Å². The molecule has 1 amide bonds. The molecule has 0 saturated heterocycles. The van der Waals surface area contributed by atoms with Crippen LogP contribution in [0.15, 0.2) is 109 Å². The molecule has 66 heavy (non-hydrogen) atoms. The lowest BCUT2D eigenvalue weighted by atomic mass is 10.1. The Kier molecular flexibility index (Phi) is 44.8. The van der Waals surface area contributed by atoms with Gasteiger partial charge in [-0.25, -0.2) is 9.36 Å². The maximum atomic E-state index is 12.4. The van der Waals surface area contributed by atoms with E-state index < -0.39 is 57.6 Å². The number of aliphatic hydroxyl groups is 1. The van der Waals surface area contributed by atoms with Crippen LogP contribution in [0.4, 0.5) is 0 Å². The Morgan fingerprint density at radius 2 is 0.879 bits per heavy atom. The fraction of sp³-hybridized carbons (Fsp3) is 0.611. The summed E-state index contributed by atoms with van der Waals surface area (Å²) in [5.41, 5.74) is 0. The zero-order valence-corrected chi connectivity index (χ0v) is 41.6. The van der Waals surface area contributed by atoms with Crippen LogP contribution in [0.2, 0.25) is 0 Å². The molecule has 12 heteroatoms. The lowest BCUT2D eigenvalue weighted by Crippen LogP contribution is -2.43. The van der Waals surface area contributed by atoms with Crippen molar-refractivity contribution in [2.24, 2.45) is 0 Å². The van der Waals surface area contributed by atoms with E-state index >= 15 is 0 Å². The van der Waals surface area contributed by atoms with Crippen molar-refractivity contribution in [1.29, 1.82) is 0 Å². The maximum absolute atomic E-state index is 12.4. The van der Waals surface area contributed by atoms with Crippen LogP contribution < -0.4 is 5.32 Å². The van der Waals surface area contributed by atoms with Crippen LogP contribution in [0, 0.1) is 0 Å². The van der Waals surface area contributed by atoms with Crippen LogP contribution in [-0.2, 0) is 32.7 Å². The average molecular weight is 942 g/mol. The van der Waals surface area contributed by atoms with Gasteiger partial charge in [0.2, 0.25) is 5.91 Å². The first kappa shape index (κ1) is 62.1. The molecule has 0 bridgehead atoms. The molecular weight excluding hydrogens is 854 g/mol. The molecule has 0 saturated carbocycles. The Balaban J connectivity index is 3.95. The highest BCUT2D eigenvalue weighted by Gasteiger charge is 2.28. The lowest BCUT2D eigenvalue weighted by Gasteiger charge is -2.18. The van der Waals surface area contributed by atoms with Crippen molar-refractivity contribution in [3.05, 3.63) is 109 Å². The molecule has 0 aromatic carbocycles. The summed E-state index contributed by atoms with van der Waals surface area (Å²) in [5.74, 6) is -2.44. The second-order valence-electron chi connectivity index (χ2n) is 16.3. The summed E-state index contributed by atoms with van der Waals surface area (Å²) in [6.07, 6.45) is 62.4. The number of phosphoric ester groups is 1. The van der Waals surface area contributed by atoms with E-state index in [1.807, 2.05) is 0 Å². The predicted molar refractivity (Wildman–Crippen MR) is 272 cm³/mol. The third-order valence-electron chi connectivity index (χ3n) is 10.0. The van der Waals surface area contributed by atoms with Crippen molar-refractivity contribution >= 4 is 25.7 Å². The van der Waals surface area contributed by atoms with Gasteiger partial charge in [0.15, 0.2) is 6.04 Å². The van der Waals surface area contributed by atoms with Crippen LogP contribution in [0.5, 0.6) is 0 Å². The number of hydrogen-bond acceptors (Lipinski definition) is 8. The molecule has 3 atom stereocenters. The first-order valence-corrected chi connectivity index (χ1v) is 26.4. The molecule has 3 unspecified atom stereocenters. The number of allylic oxidation sites excluding steroid dienone is 18. The number of carbonyl (C=O) groups excluding carboxylic acids is 2. The molecule has 0 aromatic rings. The van der Waals surface area contributed by atoms with E-state index in [0.717, 1.165) is 116 Å². The molecule has 0 aliphatic heterocycles. The van der Waals surface area contributed by atoms with Crippen LogP contribution >= 0.6 is 7.82 Å². The van der Waals surface area contributed by atoms with Crippen molar-refractivity contribution in [3.8, 4) is 0 Å². The van der Waals surface area contributed by atoms with Crippen LogP contribution in [0.25, 0.3) is 0 Å². The topological polar surface area (TPSA) is 169 Å². The van der Waals surface area contributed by atoms with E-state index in [1.54, 1.807) is 0 Å². The normalized spacial score (nSPS) is 14.5. The number of hydrogen-bond donors (Lipinski definition) is 4. The minimum Gasteiger partial charge on any atom is -0.480 e. The molecule has 0 heterocycles. The number of carboxylic acid groups (broad SMARTS) is 1. The lowest BCUT2D eigenvalue weighted by molar-refractivity contribution is -0.147. The van der Waals surface area contributed by atoms with Gasteiger partial charge in [0.1, 0.15) is 12.7 Å². The summed E-state index contributed by atoms with van der Waals surface area (Å²) in [4.78, 5) is 46.1. The standard InChI is InChI=1S/C54H88NO10P/c1-3-5-7-9-11-13-15-17-19-21-23-24-25-26-28-29-31-33-35-37-39-41-43-45-52(57)55-51(54(59)60)49-65-66(61,62)64-48-50(56)47-63-53(58)46-44-42-40-38-36-34-32-30-27-22-20-18-16-14-12-10-8-6-4-2/h5,7,11-14,17-20,23-24,26-28,30-31,33,50-51,56H,3-4,6,8-10,15-16,21-22,25,29,32,34-49H2,1-2H3,(H,55,57)(H,59,60)(H,61,62)/b7-5-,13-11-,14-12-,19-17-,20-18-,24-23-,28-26-,30-27-,33-31-. The Labute approximate surface area is 399 Å². The van der Waals surface area contributed by atoms with Gasteiger partial charge in [-0.2, -0.15) is 0 Å². The fourth-order valence-electron chi connectivity index (χ4n) is 6.21. The van der Waals surface area contributed by atoms with Crippen molar-refractivity contribution in [1.82, 2.24) is 5.32 Å². The van der Waals surface area contributed by atoms with Gasteiger partial charge in [0.05, 0.1) is 13.2 Å². The first-order chi connectivity index (χ1) is 32.1. The second kappa shape index (κ2) is 47.6. The number of phosphoric acid groups is 1. The third kappa shape index (κ3) is 46.7. The monoisotopic (exact) mass is 942 g/mol. The van der Waals surface area contributed by atoms with Gasteiger partial charge < -0.3 is 25.2 Å². The SMILES string of the molecule is CC/C=C\C/C=C\C/C=C\C/C=C\C/C=C\C/C=C\CCCCCCC(=O)NC(COP(=O)(O)OCC(O)COC(=O)CCCCCCCC/C=C\C/C=C\C/C=C\CCCCC)C(=O)O. The Morgan fingerprint density at radius 3 is 1.32 bits per heavy atom. The maximum Gasteiger partial charge on any atom is 0.472 e. The zero-order valence-electron chi connectivity index (χ0n) is 40.7. The number of unbranched alkanes of at least 4 members (excludes halogenated alkanes) is 13. The molecule has 0 aliphatic carbocycles. The van der Waals surface area contributed by atoms with Crippen molar-refractivity contribution in [2.75, 3.05) is 19.8 Å². The number of rotatable bonds is 45. The number of amides is 1. The molecule has 374 valence electrons. The summed E-state index contributed by atoms with van der Waals surface area (Å²) in [7, 11) is -4.78. The second-order valence-corrected chi connectivity index (χ2v) is 17.7. The summed E-state index contributed by atoms with van der Waals surface area (Å²) >= 11 is 0. The summed E-state index contributed by atoms with van der Waals surface area (Å²) < 4.78 is 26.9. The van der Waals surface area contributed by atoms with Gasteiger partial charge >= 0.3 is 19.8 Å². The highest BCUT2D eigenvalue weighted by atomic mass is 31.2. The molecule has 11 nitrogen and oxygen atoms in total. The van der Waals surface area contributed by atoms with Crippen molar-refractivity contribution in [3.63, 3.8) is 0 Å². The highest BCUT2D eigenvalue weighted by molar-refractivity contribution is 7.47. The first-order valence-electron chi connectivity index (χ1n) is 24.9. The van der Waals surface area contributed by atoms with E-state index in [0.29, 0.717) is 12.8 Å². The number of aliphatic carboxylic acids is 1.